The lowest BCUT2D eigenvalue weighted by atomic mass is 10.0. The maximum Gasteiger partial charge on any atom is 0.323 e. The molecular weight excluding hydrogens is 1100 g/mol. The molecule has 0 heterocycles. The number of amides is 9. The Hall–Kier alpha value is -9.84. The second-order valence-electron chi connectivity index (χ2n) is 21.1. The van der Waals surface area contributed by atoms with E-state index in [9.17, 15) is 28.8 Å². The third-order valence-electron chi connectivity index (χ3n) is 14.3. The van der Waals surface area contributed by atoms with Crippen LogP contribution in [0.3, 0.4) is 0 Å². The fraction of sp³-hybridized carbons (Fsp3) is 0.304. The number of rotatable bonds is 30. The van der Waals surface area contributed by atoms with E-state index >= 15 is 0 Å². The van der Waals surface area contributed by atoms with Crippen molar-refractivity contribution in [3.63, 3.8) is 0 Å². The molecule has 0 unspecified atom stereocenters. The van der Waals surface area contributed by atoms with Gasteiger partial charge in [0.25, 0.3) is 17.7 Å². The lowest BCUT2D eigenvalue weighted by Crippen LogP contribution is -2.31. The molecule has 18 nitrogen and oxygen atoms in total. The minimum absolute atomic E-state index is 0.0493. The van der Waals surface area contributed by atoms with Crippen molar-refractivity contribution in [1.29, 1.82) is 0 Å². The minimum atomic E-state index is -0.526. The Balaban J connectivity index is 1.02. The summed E-state index contributed by atoms with van der Waals surface area (Å²) in [5.74, 6) is 0.594. The highest BCUT2D eigenvalue weighted by atomic mass is 16.5. The van der Waals surface area contributed by atoms with Gasteiger partial charge in [0.15, 0.2) is 0 Å². The third kappa shape index (κ3) is 20.4. The van der Waals surface area contributed by atoms with Gasteiger partial charge >= 0.3 is 18.1 Å². The minimum Gasteiger partial charge on any atom is -0.494 e. The maximum absolute atomic E-state index is 14.5. The lowest BCUT2D eigenvalue weighted by Gasteiger charge is -2.22. The Kier molecular flexibility index (Phi) is 25.0. The van der Waals surface area contributed by atoms with Crippen LogP contribution in [0.25, 0.3) is 0 Å². The Morgan fingerprint density at radius 1 is 0.299 bits per heavy atom. The average Bonchev–Trinajstić information content (AvgIpc) is 1.92. The molecule has 0 aromatic heterocycles. The first-order chi connectivity index (χ1) is 42.2. The highest BCUT2D eigenvalue weighted by Crippen LogP contribution is 2.27. The number of nitrogens with one attached hydrogen (secondary N) is 6. The van der Waals surface area contributed by atoms with Gasteiger partial charge in [0.2, 0.25) is 0 Å². The molecule has 0 aliphatic heterocycles. The Labute approximate surface area is 511 Å². The summed E-state index contributed by atoms with van der Waals surface area (Å²) >= 11 is 0. The van der Waals surface area contributed by atoms with Crippen molar-refractivity contribution in [3.8, 4) is 17.2 Å². The van der Waals surface area contributed by atoms with Gasteiger partial charge in [-0.15, -0.1) is 0 Å². The van der Waals surface area contributed by atoms with Crippen LogP contribution < -0.4 is 60.8 Å². The molecule has 0 saturated heterocycles. The standard InChI is InChI=1S/C69H81N9O9/c1-7-10-13-16-43-85-61-37-25-55(26-38-61)73-67(82)70-52-19-31-58(32-20-52)76(4)64(79)49-46-50(65(80)77(5)59-33-21-53(22-34-59)71-68(83)74-56-27-39-62(40-28-56)86-44-17-14-11-8-2)48-51(47-49)66(81)78(6)60-35-23-54(24-36-60)72-69(84)75-57-29-41-63(42-30-57)87-45-18-15-12-9-3/h19-42,46-48H,7-18,43-45H2,1-6H3,(H2,70,73,82)(H2,71,74,83)(H2,72,75,84). The lowest BCUT2D eigenvalue weighted by molar-refractivity contribution is 0.0992. The van der Waals surface area contributed by atoms with Crippen molar-refractivity contribution < 1.29 is 43.0 Å². The maximum atomic E-state index is 14.5. The summed E-state index contributed by atoms with van der Waals surface area (Å²) in [4.78, 5) is 86.6. The van der Waals surface area contributed by atoms with Crippen molar-refractivity contribution in [1.82, 2.24) is 0 Å². The fourth-order valence-electron chi connectivity index (χ4n) is 9.18. The number of ether oxygens (including phenoxy) is 3. The molecule has 0 aliphatic rings. The Bertz CT molecular complexity index is 2980. The summed E-state index contributed by atoms with van der Waals surface area (Å²) in [6.07, 6.45) is 13.3. The molecule has 0 fully saturated rings. The normalized spacial score (nSPS) is 10.7. The van der Waals surface area contributed by atoms with E-state index in [1.807, 2.05) is 36.4 Å². The van der Waals surface area contributed by atoms with Crippen LogP contribution in [0.1, 0.15) is 129 Å². The van der Waals surface area contributed by atoms with Crippen LogP contribution in [0.4, 0.5) is 65.6 Å². The van der Waals surface area contributed by atoms with Gasteiger partial charge in [0, 0.05) is 89.0 Å². The van der Waals surface area contributed by atoms with Crippen LogP contribution in [0, 0.1) is 0 Å². The van der Waals surface area contributed by atoms with Crippen LogP contribution in [0.2, 0.25) is 0 Å². The molecule has 0 radical (unpaired) electrons. The van der Waals surface area contributed by atoms with Gasteiger partial charge in [-0.2, -0.15) is 0 Å². The van der Waals surface area contributed by atoms with E-state index in [2.05, 4.69) is 52.7 Å². The van der Waals surface area contributed by atoms with Crippen LogP contribution in [-0.2, 0) is 0 Å². The van der Waals surface area contributed by atoms with Gasteiger partial charge in [-0.05, 0) is 183 Å². The number of hydrogen-bond acceptors (Lipinski definition) is 9. The largest absolute Gasteiger partial charge is 0.494 e. The number of carbonyl (C=O) groups is 6. The van der Waals surface area contributed by atoms with Crippen LogP contribution in [0.5, 0.6) is 17.2 Å². The highest BCUT2D eigenvalue weighted by Gasteiger charge is 2.24. The van der Waals surface area contributed by atoms with E-state index in [0.29, 0.717) is 71.0 Å². The van der Waals surface area contributed by atoms with E-state index < -0.39 is 35.8 Å². The molecule has 0 atom stereocenters. The second kappa shape index (κ2) is 33.6. The molecule has 0 bridgehead atoms. The van der Waals surface area contributed by atoms with E-state index in [4.69, 9.17) is 14.2 Å². The third-order valence-corrected chi connectivity index (χ3v) is 14.3. The monoisotopic (exact) mass is 1180 g/mol. The molecule has 87 heavy (non-hydrogen) atoms. The Morgan fingerprint density at radius 2 is 0.506 bits per heavy atom. The van der Waals surface area contributed by atoms with Crippen molar-refractivity contribution in [3.05, 3.63) is 180 Å². The molecule has 0 spiro atoms. The van der Waals surface area contributed by atoms with Gasteiger partial charge in [0.05, 0.1) is 19.8 Å². The zero-order valence-electron chi connectivity index (χ0n) is 50.7. The van der Waals surface area contributed by atoms with Gasteiger partial charge in [-0.1, -0.05) is 78.6 Å². The smallest absolute Gasteiger partial charge is 0.323 e. The summed E-state index contributed by atoms with van der Waals surface area (Å²) in [6.45, 7) is 8.39. The van der Waals surface area contributed by atoms with Gasteiger partial charge in [-0.25, -0.2) is 14.4 Å². The van der Waals surface area contributed by atoms with E-state index in [1.54, 1.807) is 130 Å². The van der Waals surface area contributed by atoms with Crippen molar-refractivity contribution in [2.75, 3.05) is 87.6 Å². The van der Waals surface area contributed by atoms with Crippen LogP contribution >= 0.6 is 0 Å². The number of unbranched alkanes of at least 4 members (excludes halogenated alkanes) is 9. The van der Waals surface area contributed by atoms with E-state index in [1.165, 1.54) is 52.2 Å². The van der Waals surface area contributed by atoms with Crippen LogP contribution in [-0.4, -0.2) is 76.8 Å². The summed E-state index contributed by atoms with van der Waals surface area (Å²) < 4.78 is 17.5. The van der Waals surface area contributed by atoms with E-state index in [0.717, 1.165) is 75.0 Å². The molecule has 7 aromatic carbocycles. The number of anilines is 9. The molecule has 7 rings (SSSR count). The van der Waals surface area contributed by atoms with Crippen molar-refractivity contribution in [2.24, 2.45) is 0 Å². The number of carbonyl (C=O) groups excluding carboxylic acids is 6. The summed E-state index contributed by atoms with van der Waals surface area (Å²) in [7, 11) is 4.71. The fourth-order valence-corrected chi connectivity index (χ4v) is 9.18. The highest BCUT2D eigenvalue weighted by molar-refractivity contribution is 6.14. The first-order valence-corrected chi connectivity index (χ1v) is 29.9. The topological polar surface area (TPSA) is 212 Å². The summed E-state index contributed by atoms with van der Waals surface area (Å²) in [5.41, 5.74) is 4.69. The molecule has 0 saturated carbocycles. The van der Waals surface area contributed by atoms with Gasteiger partial charge in [-0.3, -0.25) is 14.4 Å². The SMILES string of the molecule is CCCCCCOc1ccc(NC(=O)Nc2ccc(N(C)C(=O)c3cc(C(=O)N(C)c4ccc(NC(=O)Nc5ccc(OCCCCCC)cc5)cc4)cc(C(=O)N(C)c4ccc(NC(=O)Nc5ccc(OCCCCCC)cc5)cc4)c3)cc2)cc1. The number of hydrogen-bond donors (Lipinski definition) is 6. The van der Waals surface area contributed by atoms with Crippen molar-refractivity contribution in [2.45, 2.75) is 97.8 Å². The van der Waals surface area contributed by atoms with Crippen molar-refractivity contribution >= 4 is 87.0 Å². The first kappa shape index (κ1) is 64.7. The average molecular weight is 1180 g/mol. The first-order valence-electron chi connectivity index (χ1n) is 29.9. The van der Waals surface area contributed by atoms with E-state index in [-0.39, 0.29) is 16.7 Å². The van der Waals surface area contributed by atoms with Gasteiger partial charge < -0.3 is 60.8 Å². The molecule has 9 amide bonds. The number of benzene rings is 7. The predicted molar refractivity (Wildman–Crippen MR) is 350 cm³/mol. The molecule has 0 aliphatic carbocycles. The van der Waals surface area contributed by atoms with Gasteiger partial charge in [0.1, 0.15) is 17.2 Å². The summed E-state index contributed by atoms with van der Waals surface area (Å²) in [6, 6.07) is 44.3. The molecule has 7 aromatic rings. The zero-order chi connectivity index (χ0) is 61.9. The molecule has 6 N–H and O–H groups in total. The predicted octanol–water partition coefficient (Wildman–Crippen LogP) is 16.3. The number of urea groups is 3. The second-order valence-corrected chi connectivity index (χ2v) is 21.1. The molecular formula is C69H81N9O9. The number of nitrogens with zero attached hydrogens (tertiary/aromatic N) is 3. The zero-order valence-corrected chi connectivity index (χ0v) is 50.7. The quantitative estimate of drug-likeness (QED) is 0.0236. The van der Waals surface area contributed by atoms with Crippen LogP contribution in [0.15, 0.2) is 164 Å². The molecule has 456 valence electrons. The Morgan fingerprint density at radius 3 is 0.713 bits per heavy atom. The molecule has 18 heteroatoms. The summed E-state index contributed by atoms with van der Waals surface area (Å²) in [5, 5.41) is 16.9.